The van der Waals surface area contributed by atoms with E-state index in [4.69, 9.17) is 16.0 Å². The second-order valence-electron chi connectivity index (χ2n) is 3.75. The van der Waals surface area contributed by atoms with Gasteiger partial charge < -0.3 is 9.73 Å². The van der Waals surface area contributed by atoms with Crippen LogP contribution in [0.3, 0.4) is 0 Å². The number of anilines is 1. The van der Waals surface area contributed by atoms with Gasteiger partial charge in [0.05, 0.1) is 22.8 Å². The van der Waals surface area contributed by atoms with E-state index in [0.29, 0.717) is 18.0 Å². The first-order chi connectivity index (χ1) is 8.86. The van der Waals surface area contributed by atoms with Gasteiger partial charge in [-0.1, -0.05) is 11.6 Å². The summed E-state index contributed by atoms with van der Waals surface area (Å²) in [5.41, 5.74) is -0.336. The predicted molar refractivity (Wildman–Crippen MR) is 75.2 cm³/mol. The highest BCUT2D eigenvalue weighted by molar-refractivity contribution is 14.1. The fourth-order valence-electron chi connectivity index (χ4n) is 1.46. The van der Waals surface area contributed by atoms with Crippen LogP contribution in [0.15, 0.2) is 34.7 Å². The summed E-state index contributed by atoms with van der Waals surface area (Å²) in [6.45, 7) is 0.355. The molecule has 0 fully saturated rings. The van der Waals surface area contributed by atoms with Crippen LogP contribution in [0.25, 0.3) is 0 Å². The first-order valence-corrected chi connectivity index (χ1v) is 6.67. The van der Waals surface area contributed by atoms with Gasteiger partial charge >= 0.3 is 6.18 Å². The Balaban J connectivity index is 2.09. The molecule has 0 amide bonds. The summed E-state index contributed by atoms with van der Waals surface area (Å²) in [5, 5.41) is 2.95. The van der Waals surface area contributed by atoms with Gasteiger partial charge in [0.1, 0.15) is 5.76 Å². The van der Waals surface area contributed by atoms with Crippen molar-refractivity contribution in [2.24, 2.45) is 0 Å². The normalized spacial score (nSPS) is 11.6. The van der Waals surface area contributed by atoms with Crippen molar-refractivity contribution >= 4 is 39.9 Å². The third-order valence-electron chi connectivity index (χ3n) is 2.38. The van der Waals surface area contributed by atoms with Crippen molar-refractivity contribution in [1.29, 1.82) is 0 Å². The number of hydrogen-bond donors (Lipinski definition) is 1. The second-order valence-corrected chi connectivity index (χ2v) is 5.22. The van der Waals surface area contributed by atoms with Crippen LogP contribution in [0.4, 0.5) is 18.9 Å². The van der Waals surface area contributed by atoms with E-state index in [1.165, 1.54) is 6.07 Å². The molecule has 0 unspecified atom stereocenters. The lowest BCUT2D eigenvalue weighted by atomic mass is 10.2. The number of hydrogen-bond acceptors (Lipinski definition) is 2. The molecule has 2 rings (SSSR count). The summed E-state index contributed by atoms with van der Waals surface area (Å²) >= 11 is 7.84. The van der Waals surface area contributed by atoms with Crippen molar-refractivity contribution in [1.82, 2.24) is 0 Å². The van der Waals surface area contributed by atoms with Gasteiger partial charge in [-0.15, -0.1) is 0 Å². The summed E-state index contributed by atoms with van der Waals surface area (Å²) in [7, 11) is 0. The van der Waals surface area contributed by atoms with Gasteiger partial charge in [-0.2, -0.15) is 13.2 Å². The predicted octanol–water partition coefficient (Wildman–Crippen LogP) is 5.17. The molecule has 7 heteroatoms. The molecular formula is C12H8ClF3INO. The minimum Gasteiger partial charge on any atom is -0.454 e. The molecule has 1 heterocycles. The molecule has 2 aromatic rings. The summed E-state index contributed by atoms with van der Waals surface area (Å²) in [6, 6.07) is 6.77. The molecule has 0 bridgehead atoms. The van der Waals surface area contributed by atoms with Crippen molar-refractivity contribution < 1.29 is 17.6 Å². The maximum atomic E-state index is 12.5. The van der Waals surface area contributed by atoms with Crippen LogP contribution in [0, 0.1) is 3.77 Å². The molecule has 0 aliphatic carbocycles. The Bertz CT molecular complexity index is 583. The lowest BCUT2D eigenvalue weighted by Gasteiger charge is -2.11. The number of halogens is 5. The molecule has 19 heavy (non-hydrogen) atoms. The Labute approximate surface area is 126 Å². The SMILES string of the molecule is FC(F)(F)c1ccc(NCc2ccc(I)o2)c(Cl)c1. The van der Waals surface area contributed by atoms with E-state index >= 15 is 0 Å². The third kappa shape index (κ3) is 3.79. The lowest BCUT2D eigenvalue weighted by Crippen LogP contribution is -2.06. The molecule has 0 aliphatic rings. The van der Waals surface area contributed by atoms with Gasteiger partial charge in [0.25, 0.3) is 0 Å². The van der Waals surface area contributed by atoms with Gasteiger partial charge in [-0.05, 0) is 52.9 Å². The van der Waals surface area contributed by atoms with Crippen LogP contribution in [-0.2, 0) is 12.7 Å². The van der Waals surface area contributed by atoms with Crippen molar-refractivity contribution in [3.05, 3.63) is 50.4 Å². The van der Waals surface area contributed by atoms with E-state index in [0.717, 1.165) is 15.9 Å². The number of benzene rings is 1. The molecule has 0 atom stereocenters. The highest BCUT2D eigenvalue weighted by atomic mass is 127. The van der Waals surface area contributed by atoms with E-state index in [-0.39, 0.29) is 5.02 Å². The smallest absolute Gasteiger partial charge is 0.416 e. The fourth-order valence-corrected chi connectivity index (χ4v) is 2.17. The average Bonchev–Trinajstić information content (AvgIpc) is 2.72. The molecule has 102 valence electrons. The Morgan fingerprint density at radius 2 is 1.95 bits per heavy atom. The largest absolute Gasteiger partial charge is 0.454 e. The van der Waals surface area contributed by atoms with Crippen LogP contribution < -0.4 is 5.32 Å². The van der Waals surface area contributed by atoms with Crippen molar-refractivity contribution in [2.45, 2.75) is 12.7 Å². The molecule has 1 aromatic heterocycles. The van der Waals surface area contributed by atoms with Crippen LogP contribution in [0.2, 0.25) is 5.02 Å². The van der Waals surface area contributed by atoms with Crippen molar-refractivity contribution in [3.8, 4) is 0 Å². The molecule has 1 aromatic carbocycles. The van der Waals surface area contributed by atoms with E-state index in [1.807, 2.05) is 22.6 Å². The van der Waals surface area contributed by atoms with Gasteiger partial charge in [0.2, 0.25) is 0 Å². The zero-order chi connectivity index (χ0) is 14.0. The van der Waals surface area contributed by atoms with Gasteiger partial charge in [-0.3, -0.25) is 0 Å². The lowest BCUT2D eigenvalue weighted by molar-refractivity contribution is -0.137. The quantitative estimate of drug-likeness (QED) is 0.718. The number of nitrogens with one attached hydrogen (secondary N) is 1. The van der Waals surface area contributed by atoms with E-state index in [1.54, 1.807) is 12.1 Å². The first-order valence-electron chi connectivity index (χ1n) is 5.21. The van der Waals surface area contributed by atoms with E-state index in [9.17, 15) is 13.2 Å². The summed E-state index contributed by atoms with van der Waals surface area (Å²) in [4.78, 5) is 0. The summed E-state index contributed by atoms with van der Waals surface area (Å²) < 4.78 is 43.4. The molecule has 0 radical (unpaired) electrons. The average molecular weight is 402 g/mol. The highest BCUT2D eigenvalue weighted by Gasteiger charge is 2.30. The Hall–Kier alpha value is -0.890. The molecule has 1 N–H and O–H groups in total. The molecule has 0 saturated heterocycles. The van der Waals surface area contributed by atoms with Crippen LogP contribution in [-0.4, -0.2) is 0 Å². The minimum atomic E-state index is -4.39. The molecule has 0 spiro atoms. The Morgan fingerprint density at radius 3 is 2.47 bits per heavy atom. The monoisotopic (exact) mass is 401 g/mol. The summed E-state index contributed by atoms with van der Waals surface area (Å²) in [5.74, 6) is 0.681. The van der Waals surface area contributed by atoms with Crippen LogP contribution >= 0.6 is 34.2 Å². The Kier molecular flexibility index (Phi) is 4.29. The topological polar surface area (TPSA) is 25.2 Å². The first kappa shape index (κ1) is 14.5. The maximum absolute atomic E-state index is 12.5. The standard InChI is InChI=1S/C12H8ClF3INO/c13-9-5-7(12(14,15)16)1-3-10(9)18-6-8-2-4-11(17)19-8/h1-5,18H,6H2. The molecule has 0 aliphatic heterocycles. The number of rotatable bonds is 3. The molecular weight excluding hydrogens is 393 g/mol. The van der Waals surface area contributed by atoms with Crippen LogP contribution in [0.1, 0.15) is 11.3 Å². The third-order valence-corrected chi connectivity index (χ3v) is 3.27. The van der Waals surface area contributed by atoms with Crippen molar-refractivity contribution in [3.63, 3.8) is 0 Å². The second kappa shape index (κ2) is 5.62. The van der Waals surface area contributed by atoms with Crippen LogP contribution in [0.5, 0.6) is 0 Å². The number of furan rings is 1. The Morgan fingerprint density at radius 1 is 1.21 bits per heavy atom. The van der Waals surface area contributed by atoms with Crippen molar-refractivity contribution in [2.75, 3.05) is 5.32 Å². The van der Waals surface area contributed by atoms with E-state index in [2.05, 4.69) is 5.32 Å². The maximum Gasteiger partial charge on any atom is 0.416 e. The molecule has 0 saturated carbocycles. The zero-order valence-corrected chi connectivity index (χ0v) is 12.3. The number of alkyl halides is 3. The fraction of sp³-hybridized carbons (Fsp3) is 0.167. The van der Waals surface area contributed by atoms with Gasteiger partial charge in [0.15, 0.2) is 3.77 Å². The van der Waals surface area contributed by atoms with E-state index < -0.39 is 11.7 Å². The highest BCUT2D eigenvalue weighted by Crippen LogP contribution is 2.33. The summed E-state index contributed by atoms with van der Waals surface area (Å²) in [6.07, 6.45) is -4.39. The molecule has 2 nitrogen and oxygen atoms in total. The zero-order valence-electron chi connectivity index (χ0n) is 9.39. The minimum absolute atomic E-state index is 0.0241. The van der Waals surface area contributed by atoms with Gasteiger partial charge in [0, 0.05) is 0 Å². The van der Waals surface area contributed by atoms with Gasteiger partial charge in [-0.25, -0.2) is 0 Å².